The van der Waals surface area contributed by atoms with Crippen molar-refractivity contribution in [1.82, 2.24) is 9.80 Å². The van der Waals surface area contributed by atoms with Crippen LogP contribution in [0, 0.1) is 5.92 Å². The zero-order valence-corrected chi connectivity index (χ0v) is 24.0. The van der Waals surface area contributed by atoms with Crippen molar-refractivity contribution in [3.63, 3.8) is 0 Å². The Bertz CT molecular complexity index is 986. The minimum Gasteiger partial charge on any atom is -0.454 e. The van der Waals surface area contributed by atoms with E-state index in [4.69, 9.17) is 23.7 Å². The van der Waals surface area contributed by atoms with Crippen molar-refractivity contribution in [3.8, 4) is 11.5 Å². The first-order valence-electron chi connectivity index (χ1n) is 13.8. The van der Waals surface area contributed by atoms with Gasteiger partial charge in [0.1, 0.15) is 24.9 Å². The van der Waals surface area contributed by atoms with Gasteiger partial charge in [0.15, 0.2) is 11.5 Å². The van der Waals surface area contributed by atoms with Crippen LogP contribution in [0.5, 0.6) is 11.5 Å². The van der Waals surface area contributed by atoms with Crippen LogP contribution in [0.3, 0.4) is 0 Å². The Balaban J connectivity index is 1.90. The molecule has 2 aliphatic heterocycles. The lowest BCUT2D eigenvalue weighted by Crippen LogP contribution is -2.54. The van der Waals surface area contributed by atoms with E-state index in [1.807, 2.05) is 23.1 Å². The number of methoxy groups -OCH3 is 2. The average Bonchev–Trinajstić information content (AvgIpc) is 3.40. The van der Waals surface area contributed by atoms with E-state index in [0.29, 0.717) is 43.9 Å². The molecule has 11 nitrogen and oxygen atoms in total. The maximum absolute atomic E-state index is 13.7. The summed E-state index contributed by atoms with van der Waals surface area (Å²) < 4.78 is 27.0. The van der Waals surface area contributed by atoms with Gasteiger partial charge in [-0.1, -0.05) is 19.9 Å². The highest BCUT2D eigenvalue weighted by molar-refractivity contribution is 5.92. The molecule has 0 aromatic heterocycles. The normalized spacial score (nSPS) is 24.9. The fourth-order valence-corrected chi connectivity index (χ4v) is 4.92. The summed E-state index contributed by atoms with van der Waals surface area (Å²) in [7, 11) is 2.86. The lowest BCUT2D eigenvalue weighted by molar-refractivity contribution is -0.145. The van der Waals surface area contributed by atoms with Crippen molar-refractivity contribution in [3.05, 3.63) is 29.8 Å². The van der Waals surface area contributed by atoms with E-state index in [-0.39, 0.29) is 56.9 Å². The van der Waals surface area contributed by atoms with E-state index < -0.39 is 18.3 Å². The first-order valence-corrected chi connectivity index (χ1v) is 13.8. The fourth-order valence-electron chi connectivity index (χ4n) is 4.92. The number of carbonyl (C=O) groups excluding carboxylic acids is 2. The number of hydrogen-bond donors (Lipinski definition) is 2. The molecule has 0 unspecified atom stereocenters. The van der Waals surface area contributed by atoms with Crippen LogP contribution in [0.1, 0.15) is 38.7 Å². The number of rotatable bonds is 7. The molecule has 0 aliphatic carbocycles. The van der Waals surface area contributed by atoms with Crippen molar-refractivity contribution < 1.29 is 43.5 Å². The molecule has 1 fully saturated rings. The molecule has 1 aromatic rings. The van der Waals surface area contributed by atoms with Crippen LogP contribution >= 0.6 is 0 Å². The maximum atomic E-state index is 13.7. The molecule has 0 saturated carbocycles. The van der Waals surface area contributed by atoms with Gasteiger partial charge in [-0.3, -0.25) is 9.59 Å². The summed E-state index contributed by atoms with van der Waals surface area (Å²) in [5.74, 6) is 1.08. The van der Waals surface area contributed by atoms with Crippen molar-refractivity contribution in [1.29, 1.82) is 0 Å². The molecule has 3 rings (SSSR count). The molecule has 40 heavy (non-hydrogen) atoms. The zero-order chi connectivity index (χ0) is 29.1. The summed E-state index contributed by atoms with van der Waals surface area (Å²) in [6, 6.07) is 5.19. The number of aliphatic hydroxyl groups is 2. The third-order valence-corrected chi connectivity index (χ3v) is 7.04. The molecule has 2 amide bonds. The molecule has 4 atom stereocenters. The summed E-state index contributed by atoms with van der Waals surface area (Å²) in [5, 5.41) is 21.2. The molecule has 11 heteroatoms. The molecule has 0 radical (unpaired) electrons. The largest absolute Gasteiger partial charge is 0.454 e. The lowest BCUT2D eigenvalue weighted by atomic mass is 10.00. The van der Waals surface area contributed by atoms with Crippen LogP contribution < -0.4 is 9.47 Å². The van der Waals surface area contributed by atoms with Gasteiger partial charge in [-0.05, 0) is 49.0 Å². The van der Waals surface area contributed by atoms with E-state index in [0.717, 1.165) is 5.56 Å². The Kier molecular flexibility index (Phi) is 12.7. The minimum absolute atomic E-state index is 0.0145. The van der Waals surface area contributed by atoms with E-state index in [1.54, 1.807) is 17.1 Å². The second-order valence-electron chi connectivity index (χ2n) is 10.6. The number of hydrogen-bond acceptors (Lipinski definition) is 9. The minimum atomic E-state index is -1.27. The second kappa shape index (κ2) is 15.9. The van der Waals surface area contributed by atoms with E-state index in [2.05, 4.69) is 13.8 Å². The molecule has 224 valence electrons. The third-order valence-electron chi connectivity index (χ3n) is 7.04. The summed E-state index contributed by atoms with van der Waals surface area (Å²) in [6.07, 6.45) is 1.98. The lowest BCUT2D eigenvalue weighted by Gasteiger charge is -2.38. The highest BCUT2D eigenvalue weighted by atomic mass is 16.7. The maximum Gasteiger partial charge on any atom is 0.248 e. The summed E-state index contributed by atoms with van der Waals surface area (Å²) >= 11 is 0. The number of ether oxygens (including phenoxy) is 5. The van der Waals surface area contributed by atoms with Gasteiger partial charge in [0.2, 0.25) is 18.6 Å². The van der Waals surface area contributed by atoms with Gasteiger partial charge >= 0.3 is 0 Å². The first kappa shape index (κ1) is 31.8. The molecular formula is C29H44N2O9. The molecule has 1 saturated heterocycles. The van der Waals surface area contributed by atoms with Crippen LogP contribution in [0.4, 0.5) is 0 Å². The van der Waals surface area contributed by atoms with E-state index >= 15 is 0 Å². The Morgan fingerprint density at radius 2 is 1.90 bits per heavy atom. The number of fused-ring (bicyclic) bond motifs is 1. The zero-order valence-electron chi connectivity index (χ0n) is 24.0. The smallest absolute Gasteiger partial charge is 0.248 e. The van der Waals surface area contributed by atoms with Gasteiger partial charge in [0.05, 0.1) is 6.61 Å². The molecule has 1 aromatic carbocycles. The van der Waals surface area contributed by atoms with Gasteiger partial charge in [-0.25, -0.2) is 0 Å². The highest BCUT2D eigenvalue weighted by Crippen LogP contribution is 2.32. The van der Waals surface area contributed by atoms with Crippen LogP contribution in [-0.4, -0.2) is 117 Å². The van der Waals surface area contributed by atoms with Gasteiger partial charge in [0.25, 0.3) is 0 Å². The number of amides is 2. The molecule has 2 heterocycles. The van der Waals surface area contributed by atoms with E-state index in [9.17, 15) is 19.8 Å². The van der Waals surface area contributed by atoms with Crippen molar-refractivity contribution in [2.45, 2.75) is 57.5 Å². The number of nitrogens with zero attached hydrogens (tertiary/aromatic N) is 2. The summed E-state index contributed by atoms with van der Waals surface area (Å²) in [5.41, 5.74) is 0.806. The SMILES string of the molecule is COCC(=O)N1C[C@H](CC(C)C)N(C(=O)/C=C/c2ccc3c(c2)OCO3)CCCCOC[C@@H](O)[C@@H](O)[C@H](OC)C1. The van der Waals surface area contributed by atoms with Crippen molar-refractivity contribution >= 4 is 17.9 Å². The topological polar surface area (TPSA) is 127 Å². The third kappa shape index (κ3) is 9.17. The number of aliphatic hydroxyl groups excluding tert-OH is 2. The highest BCUT2D eigenvalue weighted by Gasteiger charge is 2.33. The predicted molar refractivity (Wildman–Crippen MR) is 148 cm³/mol. The number of benzene rings is 1. The molecule has 0 bridgehead atoms. The fraction of sp³-hybridized carbons (Fsp3) is 0.655. The van der Waals surface area contributed by atoms with Gasteiger partial charge in [-0.2, -0.15) is 0 Å². The van der Waals surface area contributed by atoms with E-state index in [1.165, 1.54) is 14.2 Å². The average molecular weight is 565 g/mol. The molecule has 2 aliphatic rings. The van der Waals surface area contributed by atoms with Gasteiger partial charge in [-0.15, -0.1) is 0 Å². The van der Waals surface area contributed by atoms with Crippen LogP contribution in [0.25, 0.3) is 6.08 Å². The molecule has 0 spiro atoms. The summed E-state index contributed by atoms with van der Waals surface area (Å²) in [4.78, 5) is 30.2. The van der Waals surface area contributed by atoms with Crippen LogP contribution in [0.2, 0.25) is 0 Å². The van der Waals surface area contributed by atoms with Crippen molar-refractivity contribution in [2.75, 3.05) is 60.5 Å². The van der Waals surface area contributed by atoms with Gasteiger partial charge in [0, 0.05) is 52.6 Å². The molecular weight excluding hydrogens is 520 g/mol. The van der Waals surface area contributed by atoms with Crippen molar-refractivity contribution in [2.24, 2.45) is 5.92 Å². The summed E-state index contributed by atoms with van der Waals surface area (Å²) in [6.45, 7) is 5.18. The quantitative estimate of drug-likeness (QED) is 0.476. The standard InChI is InChI=1S/C29H44N2O9/c1-20(2)13-22-15-30(28(34)18-36-3)16-26(37-4)29(35)23(32)17-38-12-6-5-11-31(22)27(33)10-8-21-7-9-24-25(14-21)40-19-39-24/h7-10,14,20,22-23,26,29,32,35H,5-6,11-13,15-19H2,1-4H3/b10-8+/t22-,23+,26+,29+/m0/s1. The van der Waals surface area contributed by atoms with Crippen LogP contribution in [-0.2, 0) is 23.8 Å². The first-order chi connectivity index (χ1) is 19.2. The number of carbonyl (C=O) groups is 2. The Hall–Kier alpha value is -2.70. The van der Waals surface area contributed by atoms with Gasteiger partial charge < -0.3 is 43.7 Å². The Morgan fingerprint density at radius 3 is 2.62 bits per heavy atom. The predicted octanol–water partition coefficient (Wildman–Crippen LogP) is 1.69. The molecule has 2 N–H and O–H groups in total. The van der Waals surface area contributed by atoms with Crippen LogP contribution in [0.15, 0.2) is 24.3 Å². The Labute approximate surface area is 236 Å². The monoisotopic (exact) mass is 564 g/mol. The Morgan fingerprint density at radius 1 is 1.12 bits per heavy atom. The second-order valence-corrected chi connectivity index (χ2v) is 10.6.